The van der Waals surface area contributed by atoms with Gasteiger partial charge in [0.15, 0.2) is 0 Å². The molecule has 0 aliphatic heterocycles. The fourth-order valence-corrected chi connectivity index (χ4v) is 3.35. The van der Waals surface area contributed by atoms with Gasteiger partial charge in [-0.15, -0.1) is 0 Å². The lowest BCUT2D eigenvalue weighted by Crippen LogP contribution is -2.15. The molecule has 1 unspecified atom stereocenters. The number of halogens is 3. The number of allylic oxidation sites excluding steroid dienone is 4. The molecule has 0 aromatic rings. The molecule has 0 aromatic carbocycles. The van der Waals surface area contributed by atoms with Crippen molar-refractivity contribution in [3.05, 3.63) is 26.6 Å². The maximum atomic E-state index is 8.56. The van der Waals surface area contributed by atoms with Crippen LogP contribution in [0.3, 0.4) is 0 Å². The van der Waals surface area contributed by atoms with Crippen LogP contribution in [0.4, 0.5) is 0 Å². The second-order valence-corrected chi connectivity index (χ2v) is 4.69. The maximum Gasteiger partial charge on any atom is 0.323 e. The largest absolute Gasteiger partial charge is 0.361 e. The van der Waals surface area contributed by atoms with Gasteiger partial charge in [0.1, 0.15) is 9.31 Å². The quantitative estimate of drug-likeness (QED) is 0.369. The summed E-state index contributed by atoms with van der Waals surface area (Å²) < 4.78 is 1.73. The third kappa shape index (κ3) is 2.12. The molecular weight excluding hydrogens is 340 g/mol. The van der Waals surface area contributed by atoms with Crippen LogP contribution >= 0.6 is 47.8 Å². The van der Waals surface area contributed by atoms with Crippen LogP contribution in [0.25, 0.3) is 5.53 Å². The number of alkyl halides is 1. The molecule has 0 saturated heterocycles. The molecule has 1 aliphatic rings. The lowest BCUT2D eigenvalue weighted by atomic mass is 10.1. The Morgan fingerprint density at radius 2 is 2.09 bits per heavy atom. The zero-order valence-corrected chi connectivity index (χ0v) is 10.0. The number of rotatable bonds is 0. The van der Waals surface area contributed by atoms with Crippen LogP contribution in [-0.4, -0.2) is 15.3 Å². The van der Waals surface area contributed by atoms with Crippen molar-refractivity contribution < 1.29 is 4.79 Å². The molecule has 58 valence electrons. The van der Waals surface area contributed by atoms with E-state index < -0.39 is 0 Å². The lowest BCUT2D eigenvalue weighted by molar-refractivity contribution is -0.00508. The minimum absolute atomic E-state index is 0.0405. The highest BCUT2D eigenvalue weighted by molar-refractivity contribution is 9.13. The second-order valence-electron chi connectivity index (χ2n) is 1.93. The molecule has 0 amide bonds. The van der Waals surface area contributed by atoms with Crippen LogP contribution in [-0.2, 0) is 0 Å². The lowest BCUT2D eigenvalue weighted by Gasteiger charge is -2.04. The number of hydrogen-bond donors (Lipinski definition) is 0. The first-order valence-electron chi connectivity index (χ1n) is 2.76. The Hall–Kier alpha value is 0.300. The standard InChI is InChI=1S/C6H3Br3N2/c7-3-1-4(8)6(11-10)5(9)2-3/h1-2,4H. The normalized spacial score (nSPS) is 23.9. The first-order valence-corrected chi connectivity index (χ1v) is 5.26. The summed E-state index contributed by atoms with van der Waals surface area (Å²) in [5, 5.41) is 0. The van der Waals surface area contributed by atoms with Crippen LogP contribution in [0, 0.1) is 0 Å². The van der Waals surface area contributed by atoms with Crippen LogP contribution in [0.1, 0.15) is 0 Å². The van der Waals surface area contributed by atoms with Crippen LogP contribution in [0.5, 0.6) is 0 Å². The van der Waals surface area contributed by atoms with E-state index in [0.717, 1.165) is 8.96 Å². The Morgan fingerprint density at radius 1 is 1.45 bits per heavy atom. The van der Waals surface area contributed by atoms with Crippen LogP contribution in [0.2, 0.25) is 0 Å². The third-order valence-electron chi connectivity index (χ3n) is 1.18. The predicted molar refractivity (Wildman–Crippen MR) is 55.4 cm³/mol. The summed E-state index contributed by atoms with van der Waals surface area (Å²) in [6.45, 7) is 0. The maximum absolute atomic E-state index is 8.56. The van der Waals surface area contributed by atoms with Gasteiger partial charge in [-0.05, 0) is 28.1 Å². The van der Waals surface area contributed by atoms with Crippen molar-refractivity contribution in [3.8, 4) is 0 Å². The average Bonchev–Trinajstić information content (AvgIpc) is 1.85. The van der Waals surface area contributed by atoms with Crippen LogP contribution < -0.4 is 0 Å². The molecule has 1 rings (SSSR count). The molecule has 0 radical (unpaired) electrons. The van der Waals surface area contributed by atoms with Gasteiger partial charge >= 0.3 is 5.71 Å². The van der Waals surface area contributed by atoms with Crippen molar-refractivity contribution in [2.75, 3.05) is 0 Å². The molecule has 2 nitrogen and oxygen atoms in total. The van der Waals surface area contributed by atoms with Gasteiger partial charge in [0.25, 0.3) is 0 Å². The molecule has 0 N–H and O–H groups in total. The highest BCUT2D eigenvalue weighted by Gasteiger charge is 2.25. The summed E-state index contributed by atoms with van der Waals surface area (Å²) in [5.41, 5.74) is 9.14. The summed E-state index contributed by atoms with van der Waals surface area (Å²) >= 11 is 9.91. The Labute approximate surface area is 89.4 Å². The zero-order valence-electron chi connectivity index (χ0n) is 5.26. The van der Waals surface area contributed by atoms with Gasteiger partial charge in [0, 0.05) is 4.48 Å². The Kier molecular flexibility index (Phi) is 3.25. The SMILES string of the molecule is [N-]=[N+]=C1C(Br)=CC(Br)=CC1Br. The van der Waals surface area contributed by atoms with Gasteiger partial charge in [0.2, 0.25) is 0 Å². The minimum atomic E-state index is -0.0405. The Balaban J connectivity index is 3.10. The topological polar surface area (TPSA) is 36.4 Å². The van der Waals surface area contributed by atoms with Gasteiger partial charge in [-0.1, -0.05) is 31.9 Å². The monoisotopic (exact) mass is 340 g/mol. The summed E-state index contributed by atoms with van der Waals surface area (Å²) in [6.07, 6.45) is 3.71. The van der Waals surface area contributed by atoms with Crippen LogP contribution in [0.15, 0.2) is 21.1 Å². The molecule has 1 atom stereocenters. The number of nitrogens with zero attached hydrogens (tertiary/aromatic N) is 2. The van der Waals surface area contributed by atoms with E-state index in [2.05, 4.69) is 52.6 Å². The summed E-state index contributed by atoms with van der Waals surface area (Å²) in [6, 6.07) is 0. The van der Waals surface area contributed by atoms with E-state index in [1.165, 1.54) is 0 Å². The van der Waals surface area contributed by atoms with E-state index in [9.17, 15) is 0 Å². The molecule has 0 saturated carbocycles. The Morgan fingerprint density at radius 3 is 2.55 bits per heavy atom. The minimum Gasteiger partial charge on any atom is -0.361 e. The van der Waals surface area contributed by atoms with Gasteiger partial charge in [-0.2, -0.15) is 4.79 Å². The van der Waals surface area contributed by atoms with Gasteiger partial charge in [0.05, 0.1) is 0 Å². The van der Waals surface area contributed by atoms with Crippen molar-refractivity contribution in [2.45, 2.75) is 4.83 Å². The van der Waals surface area contributed by atoms with Gasteiger partial charge in [-0.25, -0.2) is 0 Å². The first kappa shape index (κ1) is 9.39. The highest BCUT2D eigenvalue weighted by Crippen LogP contribution is 2.26. The predicted octanol–water partition coefficient (Wildman–Crippen LogP) is 2.99. The zero-order chi connectivity index (χ0) is 8.43. The molecule has 5 heteroatoms. The first-order chi connectivity index (χ1) is 5.15. The van der Waals surface area contributed by atoms with E-state index in [-0.39, 0.29) is 4.83 Å². The van der Waals surface area contributed by atoms with Gasteiger partial charge in [-0.3, -0.25) is 0 Å². The molecule has 0 spiro atoms. The summed E-state index contributed by atoms with van der Waals surface area (Å²) in [4.78, 5) is 3.09. The van der Waals surface area contributed by atoms with Crippen molar-refractivity contribution in [2.24, 2.45) is 0 Å². The van der Waals surface area contributed by atoms with E-state index in [0.29, 0.717) is 5.71 Å². The molecule has 0 fully saturated rings. The fraction of sp³-hybridized carbons (Fsp3) is 0.167. The Bertz CT molecular complexity index is 286. The molecule has 0 aromatic heterocycles. The van der Waals surface area contributed by atoms with E-state index in [4.69, 9.17) is 5.53 Å². The molecule has 1 aliphatic carbocycles. The van der Waals surface area contributed by atoms with Crippen molar-refractivity contribution >= 4 is 53.5 Å². The average molecular weight is 343 g/mol. The van der Waals surface area contributed by atoms with E-state index in [1.54, 1.807) is 0 Å². The third-order valence-corrected chi connectivity index (χ3v) is 3.01. The van der Waals surface area contributed by atoms with Crippen molar-refractivity contribution in [1.82, 2.24) is 0 Å². The molecule has 11 heavy (non-hydrogen) atoms. The molecule has 0 heterocycles. The fourth-order valence-electron chi connectivity index (χ4n) is 0.696. The van der Waals surface area contributed by atoms with E-state index in [1.807, 2.05) is 12.2 Å². The smallest absolute Gasteiger partial charge is 0.323 e. The molecule has 0 bridgehead atoms. The summed E-state index contributed by atoms with van der Waals surface area (Å²) in [7, 11) is 0. The van der Waals surface area contributed by atoms with Crippen molar-refractivity contribution in [3.63, 3.8) is 0 Å². The van der Waals surface area contributed by atoms with E-state index >= 15 is 0 Å². The molecular formula is C6H3Br3N2. The van der Waals surface area contributed by atoms with Crippen molar-refractivity contribution in [1.29, 1.82) is 0 Å². The second kappa shape index (κ2) is 3.81. The van der Waals surface area contributed by atoms with Gasteiger partial charge < -0.3 is 5.53 Å². The summed E-state index contributed by atoms with van der Waals surface area (Å²) in [5.74, 6) is 0. The number of hydrogen-bond acceptors (Lipinski definition) is 0. The highest BCUT2D eigenvalue weighted by atomic mass is 79.9.